The second kappa shape index (κ2) is 8.88. The van der Waals surface area contributed by atoms with Crippen molar-refractivity contribution in [3.05, 3.63) is 53.2 Å². The van der Waals surface area contributed by atoms with Crippen molar-refractivity contribution in [2.24, 2.45) is 0 Å². The minimum absolute atomic E-state index is 0.212. The Morgan fingerprint density at radius 1 is 1.13 bits per heavy atom. The van der Waals surface area contributed by atoms with Crippen LogP contribution in [0.2, 0.25) is 0 Å². The maximum atomic E-state index is 12.1. The molecule has 1 heterocycles. The van der Waals surface area contributed by atoms with Crippen molar-refractivity contribution in [1.82, 2.24) is 15.5 Å². The summed E-state index contributed by atoms with van der Waals surface area (Å²) in [5.41, 5.74) is 2.58. The van der Waals surface area contributed by atoms with E-state index in [0.717, 1.165) is 18.5 Å². The first kappa shape index (κ1) is 16.9. The van der Waals surface area contributed by atoms with Gasteiger partial charge in [-0.2, -0.15) is 0 Å². The maximum Gasteiger partial charge on any atom is 0.272 e. The number of nitrogens with zero attached hydrogens (tertiary/aromatic N) is 2. The maximum absolute atomic E-state index is 12.1. The number of anilines is 1. The molecule has 0 radical (unpaired) electrons. The summed E-state index contributed by atoms with van der Waals surface area (Å²) >= 11 is 0. The lowest BCUT2D eigenvalue weighted by atomic mass is 10.1. The van der Waals surface area contributed by atoms with E-state index in [0.29, 0.717) is 18.1 Å². The van der Waals surface area contributed by atoms with Gasteiger partial charge in [0.05, 0.1) is 0 Å². The molecule has 1 aromatic heterocycles. The Balaban J connectivity index is 1.82. The summed E-state index contributed by atoms with van der Waals surface area (Å²) in [5.74, 6) is 0.493. The van der Waals surface area contributed by atoms with Crippen LogP contribution in [0.4, 0.5) is 5.82 Å². The third-order valence-electron chi connectivity index (χ3n) is 3.52. The lowest BCUT2D eigenvalue weighted by Crippen LogP contribution is -2.24. The van der Waals surface area contributed by atoms with Gasteiger partial charge in [0.2, 0.25) is 0 Å². The Hall–Kier alpha value is -2.43. The zero-order valence-corrected chi connectivity index (χ0v) is 13.8. The molecule has 5 heteroatoms. The number of benzene rings is 1. The van der Waals surface area contributed by atoms with E-state index in [1.54, 1.807) is 12.1 Å². The number of rotatable bonds is 8. The Labute approximate surface area is 137 Å². The lowest BCUT2D eigenvalue weighted by molar-refractivity contribution is 0.0945. The van der Waals surface area contributed by atoms with Crippen LogP contribution < -0.4 is 10.6 Å². The molecular weight excluding hydrogens is 288 g/mol. The van der Waals surface area contributed by atoms with Gasteiger partial charge in [-0.25, -0.2) is 0 Å². The van der Waals surface area contributed by atoms with Gasteiger partial charge in [-0.1, -0.05) is 49.6 Å². The van der Waals surface area contributed by atoms with Crippen LogP contribution >= 0.6 is 0 Å². The molecule has 0 aliphatic heterocycles. The van der Waals surface area contributed by atoms with Crippen LogP contribution in [0.25, 0.3) is 0 Å². The van der Waals surface area contributed by atoms with E-state index >= 15 is 0 Å². The number of carbonyl (C=O) groups excluding carboxylic acids is 1. The highest BCUT2D eigenvalue weighted by molar-refractivity contribution is 5.92. The molecule has 2 N–H and O–H groups in total. The van der Waals surface area contributed by atoms with Gasteiger partial charge in [0, 0.05) is 13.1 Å². The molecule has 1 amide bonds. The van der Waals surface area contributed by atoms with Crippen molar-refractivity contribution < 1.29 is 4.79 Å². The van der Waals surface area contributed by atoms with Gasteiger partial charge < -0.3 is 10.6 Å². The van der Waals surface area contributed by atoms with Gasteiger partial charge in [-0.05, 0) is 31.0 Å². The van der Waals surface area contributed by atoms with E-state index in [-0.39, 0.29) is 5.91 Å². The fourth-order valence-electron chi connectivity index (χ4n) is 2.23. The van der Waals surface area contributed by atoms with E-state index in [1.807, 2.05) is 25.1 Å². The number of carbonyl (C=O) groups is 1. The van der Waals surface area contributed by atoms with E-state index in [9.17, 15) is 4.79 Å². The minimum Gasteiger partial charge on any atom is -0.369 e. The Bertz CT molecular complexity index is 625. The van der Waals surface area contributed by atoms with Crippen LogP contribution in [0.5, 0.6) is 0 Å². The SMILES string of the molecule is CCCCCNc1ccc(C(=O)NCc2cccc(C)c2)nn1. The van der Waals surface area contributed by atoms with E-state index in [4.69, 9.17) is 0 Å². The van der Waals surface area contributed by atoms with Crippen LogP contribution in [-0.4, -0.2) is 22.6 Å². The molecule has 2 rings (SSSR count). The van der Waals surface area contributed by atoms with Crippen LogP contribution in [0.3, 0.4) is 0 Å². The summed E-state index contributed by atoms with van der Waals surface area (Å²) < 4.78 is 0. The molecule has 23 heavy (non-hydrogen) atoms. The number of aryl methyl sites for hydroxylation is 1. The van der Waals surface area contributed by atoms with Crippen LogP contribution in [0.1, 0.15) is 47.8 Å². The average Bonchev–Trinajstić information content (AvgIpc) is 2.57. The van der Waals surface area contributed by atoms with Crippen molar-refractivity contribution in [1.29, 1.82) is 0 Å². The predicted molar refractivity (Wildman–Crippen MR) is 92.4 cm³/mol. The summed E-state index contributed by atoms with van der Waals surface area (Å²) in [6.45, 7) is 5.56. The fourth-order valence-corrected chi connectivity index (χ4v) is 2.23. The van der Waals surface area contributed by atoms with Gasteiger partial charge >= 0.3 is 0 Å². The van der Waals surface area contributed by atoms with Gasteiger partial charge in [-0.15, -0.1) is 10.2 Å². The van der Waals surface area contributed by atoms with Crippen LogP contribution in [0.15, 0.2) is 36.4 Å². The van der Waals surface area contributed by atoms with Crippen LogP contribution in [-0.2, 0) is 6.54 Å². The first-order valence-corrected chi connectivity index (χ1v) is 8.10. The number of nitrogens with one attached hydrogen (secondary N) is 2. The lowest BCUT2D eigenvalue weighted by Gasteiger charge is -2.07. The van der Waals surface area contributed by atoms with Gasteiger partial charge in [0.15, 0.2) is 5.69 Å². The van der Waals surface area contributed by atoms with E-state index < -0.39 is 0 Å². The molecule has 0 aliphatic carbocycles. The highest BCUT2D eigenvalue weighted by Gasteiger charge is 2.08. The van der Waals surface area contributed by atoms with Gasteiger partial charge in [0.1, 0.15) is 5.82 Å². The second-order valence-corrected chi connectivity index (χ2v) is 5.61. The van der Waals surface area contributed by atoms with Crippen LogP contribution in [0, 0.1) is 6.92 Å². The highest BCUT2D eigenvalue weighted by atomic mass is 16.1. The molecular formula is C18H24N4O. The summed E-state index contributed by atoms with van der Waals surface area (Å²) in [5, 5.41) is 14.1. The Morgan fingerprint density at radius 3 is 2.70 bits per heavy atom. The summed E-state index contributed by atoms with van der Waals surface area (Å²) in [4.78, 5) is 12.1. The second-order valence-electron chi connectivity index (χ2n) is 5.61. The predicted octanol–water partition coefficient (Wildman–Crippen LogP) is 3.32. The summed E-state index contributed by atoms with van der Waals surface area (Å²) in [6.07, 6.45) is 3.49. The molecule has 0 fully saturated rings. The molecule has 0 unspecified atom stereocenters. The third kappa shape index (κ3) is 5.70. The number of unbranched alkanes of at least 4 members (excludes halogenated alkanes) is 2. The normalized spacial score (nSPS) is 10.3. The smallest absolute Gasteiger partial charge is 0.272 e. The molecule has 0 spiro atoms. The molecule has 0 bridgehead atoms. The van der Waals surface area contributed by atoms with Crippen molar-refractivity contribution in [3.63, 3.8) is 0 Å². The quantitative estimate of drug-likeness (QED) is 0.734. The number of hydrogen-bond acceptors (Lipinski definition) is 4. The molecule has 122 valence electrons. The largest absolute Gasteiger partial charge is 0.369 e. The topological polar surface area (TPSA) is 66.9 Å². The van der Waals surface area contributed by atoms with E-state index in [1.165, 1.54) is 18.4 Å². The molecule has 0 saturated heterocycles. The highest BCUT2D eigenvalue weighted by Crippen LogP contribution is 2.05. The summed E-state index contributed by atoms with van der Waals surface area (Å²) in [6, 6.07) is 11.5. The van der Waals surface area contributed by atoms with Gasteiger partial charge in [0.25, 0.3) is 5.91 Å². The molecule has 0 aliphatic rings. The monoisotopic (exact) mass is 312 g/mol. The first-order chi connectivity index (χ1) is 11.2. The first-order valence-electron chi connectivity index (χ1n) is 8.10. The minimum atomic E-state index is -0.212. The number of hydrogen-bond donors (Lipinski definition) is 2. The van der Waals surface area contributed by atoms with Crippen molar-refractivity contribution in [2.45, 2.75) is 39.7 Å². The molecule has 0 atom stereocenters. The number of amides is 1. The van der Waals surface area contributed by atoms with Gasteiger partial charge in [-0.3, -0.25) is 4.79 Å². The average molecular weight is 312 g/mol. The standard InChI is InChI=1S/C18H24N4O/c1-3-4-5-11-19-17-10-9-16(21-22-17)18(23)20-13-15-8-6-7-14(2)12-15/h6-10,12H,3-5,11,13H2,1-2H3,(H,19,22)(H,20,23). The zero-order chi connectivity index (χ0) is 16.5. The molecule has 0 saturated carbocycles. The Kier molecular flexibility index (Phi) is 6.54. The molecule has 5 nitrogen and oxygen atoms in total. The fraction of sp³-hybridized carbons (Fsp3) is 0.389. The molecule has 2 aromatic rings. The summed E-state index contributed by atoms with van der Waals surface area (Å²) in [7, 11) is 0. The van der Waals surface area contributed by atoms with Crippen molar-refractivity contribution >= 4 is 11.7 Å². The van der Waals surface area contributed by atoms with E-state index in [2.05, 4.69) is 33.8 Å². The van der Waals surface area contributed by atoms with Crippen molar-refractivity contribution in [2.75, 3.05) is 11.9 Å². The number of aromatic nitrogens is 2. The molecule has 1 aromatic carbocycles. The van der Waals surface area contributed by atoms with Crippen molar-refractivity contribution in [3.8, 4) is 0 Å². The third-order valence-corrected chi connectivity index (χ3v) is 3.52. The zero-order valence-electron chi connectivity index (χ0n) is 13.8. The Morgan fingerprint density at radius 2 is 2.00 bits per heavy atom.